The van der Waals surface area contributed by atoms with Gasteiger partial charge in [-0.3, -0.25) is 0 Å². The van der Waals surface area contributed by atoms with Gasteiger partial charge in [0.1, 0.15) is 5.65 Å². The Morgan fingerprint density at radius 1 is 1.27 bits per heavy atom. The summed E-state index contributed by atoms with van der Waals surface area (Å²) >= 11 is 0. The minimum Gasteiger partial charge on any atom is -0.339 e. The van der Waals surface area contributed by atoms with Crippen molar-refractivity contribution in [3.63, 3.8) is 0 Å². The van der Waals surface area contributed by atoms with Crippen LogP contribution in [-0.2, 0) is 0 Å². The predicted molar refractivity (Wildman–Crippen MR) is 56.1 cm³/mol. The summed E-state index contributed by atoms with van der Waals surface area (Å²) in [5.41, 5.74) is 2.66. The smallest absolute Gasteiger partial charge is 0.310 e. The number of para-hydroxylation sites is 1. The zero-order valence-electron chi connectivity index (χ0n) is 8.08. The van der Waals surface area contributed by atoms with E-state index in [1.165, 1.54) is 6.20 Å². The number of hydrogen-bond donors (Lipinski definition) is 1. The van der Waals surface area contributed by atoms with Gasteiger partial charge in [-0.15, -0.1) is 0 Å². The molecule has 0 radical (unpaired) electrons. The summed E-state index contributed by atoms with van der Waals surface area (Å²) in [6.45, 7) is 2.00. The first-order chi connectivity index (χ1) is 7.25. The minimum absolute atomic E-state index is 0.548. The molecule has 4 heteroatoms. The van der Waals surface area contributed by atoms with Crippen LogP contribution in [0.15, 0.2) is 24.4 Å². The van der Waals surface area contributed by atoms with E-state index in [2.05, 4.69) is 15.0 Å². The monoisotopic (exact) mass is 201 g/mol. The topological polar surface area (TPSA) is 41.6 Å². The molecule has 0 saturated carbocycles. The molecule has 1 aromatic carbocycles. The summed E-state index contributed by atoms with van der Waals surface area (Å²) in [5.74, 6) is 0. The predicted octanol–water partition coefficient (Wildman–Crippen LogP) is 2.56. The van der Waals surface area contributed by atoms with E-state index in [1.54, 1.807) is 0 Å². The van der Waals surface area contributed by atoms with E-state index in [-0.39, 0.29) is 0 Å². The van der Waals surface area contributed by atoms with Crippen LogP contribution < -0.4 is 0 Å². The number of aromatic amines is 1. The van der Waals surface area contributed by atoms with Gasteiger partial charge < -0.3 is 4.98 Å². The third kappa shape index (κ3) is 1.11. The molecule has 0 aliphatic rings. The molecule has 2 aromatic heterocycles. The zero-order valence-corrected chi connectivity index (χ0v) is 8.08. The zero-order chi connectivity index (χ0) is 10.4. The lowest BCUT2D eigenvalue weighted by Gasteiger charge is -1.93. The standard InChI is InChI=1S/C11H8FN3/c1-6-3-2-4-7-8-5-13-11(12)15-10(8)14-9(6)7/h2-5H,1H3,(H,13,14,15). The summed E-state index contributed by atoms with van der Waals surface area (Å²) in [7, 11) is 0. The number of benzene rings is 1. The number of aromatic nitrogens is 3. The molecule has 0 fully saturated rings. The third-order valence-electron chi connectivity index (χ3n) is 2.57. The van der Waals surface area contributed by atoms with Crippen LogP contribution in [0.4, 0.5) is 4.39 Å². The van der Waals surface area contributed by atoms with Crippen LogP contribution >= 0.6 is 0 Å². The molecule has 0 unspecified atom stereocenters. The van der Waals surface area contributed by atoms with E-state index in [4.69, 9.17) is 0 Å². The van der Waals surface area contributed by atoms with E-state index < -0.39 is 6.08 Å². The molecular formula is C11H8FN3. The van der Waals surface area contributed by atoms with Gasteiger partial charge in [0.15, 0.2) is 0 Å². The first kappa shape index (κ1) is 8.35. The first-order valence-electron chi connectivity index (χ1n) is 4.65. The SMILES string of the molecule is Cc1cccc2c1[nH]c1nc(F)ncc12. The van der Waals surface area contributed by atoms with Gasteiger partial charge in [0.05, 0.1) is 5.52 Å². The molecule has 0 aliphatic heterocycles. The van der Waals surface area contributed by atoms with E-state index in [0.29, 0.717) is 5.65 Å². The van der Waals surface area contributed by atoms with Gasteiger partial charge >= 0.3 is 6.08 Å². The highest BCUT2D eigenvalue weighted by Crippen LogP contribution is 2.25. The van der Waals surface area contributed by atoms with Crippen LogP contribution in [0.1, 0.15) is 5.56 Å². The fraction of sp³-hybridized carbons (Fsp3) is 0.0909. The minimum atomic E-state index is -0.702. The van der Waals surface area contributed by atoms with Gasteiger partial charge in [-0.25, -0.2) is 4.98 Å². The van der Waals surface area contributed by atoms with E-state index >= 15 is 0 Å². The molecule has 15 heavy (non-hydrogen) atoms. The Labute approximate surface area is 85.0 Å². The number of aryl methyl sites for hydroxylation is 1. The number of fused-ring (bicyclic) bond motifs is 3. The van der Waals surface area contributed by atoms with Gasteiger partial charge in [-0.05, 0) is 12.5 Å². The lowest BCUT2D eigenvalue weighted by atomic mass is 10.1. The lowest BCUT2D eigenvalue weighted by Crippen LogP contribution is -1.86. The number of halogens is 1. The van der Waals surface area contributed by atoms with E-state index in [9.17, 15) is 4.39 Å². The Morgan fingerprint density at radius 2 is 2.13 bits per heavy atom. The van der Waals surface area contributed by atoms with E-state index in [0.717, 1.165) is 21.9 Å². The van der Waals surface area contributed by atoms with Crippen molar-refractivity contribution in [2.24, 2.45) is 0 Å². The second-order valence-corrected chi connectivity index (χ2v) is 3.52. The molecule has 3 aromatic rings. The summed E-state index contributed by atoms with van der Waals surface area (Å²) < 4.78 is 12.8. The Balaban J connectivity index is 2.57. The van der Waals surface area contributed by atoms with Gasteiger partial charge in [-0.1, -0.05) is 18.2 Å². The van der Waals surface area contributed by atoms with Gasteiger partial charge in [0, 0.05) is 17.0 Å². The number of rotatable bonds is 0. The Bertz CT molecular complexity index is 657. The summed E-state index contributed by atoms with van der Waals surface area (Å²) in [5, 5.41) is 1.89. The number of nitrogens with one attached hydrogen (secondary N) is 1. The van der Waals surface area contributed by atoms with Crippen molar-refractivity contribution in [3.8, 4) is 0 Å². The fourth-order valence-corrected chi connectivity index (χ4v) is 1.83. The van der Waals surface area contributed by atoms with Crippen LogP contribution in [0.5, 0.6) is 0 Å². The third-order valence-corrected chi connectivity index (χ3v) is 2.57. The maximum absolute atomic E-state index is 12.8. The van der Waals surface area contributed by atoms with Gasteiger partial charge in [0.2, 0.25) is 0 Å². The first-order valence-corrected chi connectivity index (χ1v) is 4.65. The highest BCUT2D eigenvalue weighted by atomic mass is 19.1. The van der Waals surface area contributed by atoms with E-state index in [1.807, 2.05) is 25.1 Å². The maximum Gasteiger partial charge on any atom is 0.310 e. The largest absolute Gasteiger partial charge is 0.339 e. The lowest BCUT2D eigenvalue weighted by molar-refractivity contribution is 0.544. The normalized spacial score (nSPS) is 11.3. The Hall–Kier alpha value is -1.97. The van der Waals surface area contributed by atoms with Crippen molar-refractivity contribution in [2.45, 2.75) is 6.92 Å². The van der Waals surface area contributed by atoms with Crippen molar-refractivity contribution >= 4 is 21.9 Å². The molecule has 2 heterocycles. The second kappa shape index (κ2) is 2.76. The average Bonchev–Trinajstić information content (AvgIpc) is 2.57. The van der Waals surface area contributed by atoms with Crippen LogP contribution in [-0.4, -0.2) is 15.0 Å². The van der Waals surface area contributed by atoms with Crippen molar-refractivity contribution in [2.75, 3.05) is 0 Å². The van der Waals surface area contributed by atoms with Crippen LogP contribution in [0.3, 0.4) is 0 Å². The van der Waals surface area contributed by atoms with Crippen molar-refractivity contribution < 1.29 is 4.39 Å². The van der Waals surface area contributed by atoms with Crippen molar-refractivity contribution in [1.29, 1.82) is 0 Å². The molecule has 0 amide bonds. The molecule has 0 aliphatic carbocycles. The van der Waals surface area contributed by atoms with Crippen LogP contribution in [0.2, 0.25) is 0 Å². The Morgan fingerprint density at radius 3 is 3.00 bits per heavy atom. The molecule has 1 N–H and O–H groups in total. The van der Waals surface area contributed by atoms with Crippen LogP contribution in [0, 0.1) is 13.0 Å². The van der Waals surface area contributed by atoms with Gasteiger partial charge in [-0.2, -0.15) is 9.37 Å². The van der Waals surface area contributed by atoms with Gasteiger partial charge in [0.25, 0.3) is 0 Å². The highest BCUT2D eigenvalue weighted by molar-refractivity contribution is 6.06. The molecule has 0 atom stereocenters. The fourth-order valence-electron chi connectivity index (χ4n) is 1.83. The highest BCUT2D eigenvalue weighted by Gasteiger charge is 2.07. The molecule has 0 bridgehead atoms. The van der Waals surface area contributed by atoms with Crippen LogP contribution in [0.25, 0.3) is 21.9 Å². The average molecular weight is 201 g/mol. The molecule has 0 spiro atoms. The second-order valence-electron chi connectivity index (χ2n) is 3.52. The van der Waals surface area contributed by atoms with Crippen molar-refractivity contribution in [1.82, 2.24) is 15.0 Å². The summed E-state index contributed by atoms with van der Waals surface area (Å²) in [6.07, 6.45) is 0.808. The molecule has 0 saturated heterocycles. The molecular weight excluding hydrogens is 193 g/mol. The van der Waals surface area contributed by atoms with Crippen molar-refractivity contribution in [3.05, 3.63) is 36.0 Å². The Kier molecular flexibility index (Phi) is 1.54. The summed E-state index contributed by atoms with van der Waals surface area (Å²) in [4.78, 5) is 10.4. The molecule has 3 nitrogen and oxygen atoms in total. The summed E-state index contributed by atoms with van der Waals surface area (Å²) in [6, 6.07) is 5.94. The number of hydrogen-bond acceptors (Lipinski definition) is 2. The number of nitrogens with zero attached hydrogens (tertiary/aromatic N) is 2. The maximum atomic E-state index is 12.8. The molecule has 3 rings (SSSR count). The molecule has 74 valence electrons. The quantitative estimate of drug-likeness (QED) is 0.568. The number of H-pyrrole nitrogens is 1.